The Balaban J connectivity index is 2.23. The summed E-state index contributed by atoms with van der Waals surface area (Å²) in [5, 5.41) is 14.8. The van der Waals surface area contributed by atoms with Crippen LogP contribution in [-0.2, 0) is 7.05 Å². The normalized spacial score (nSPS) is 12.2. The summed E-state index contributed by atoms with van der Waals surface area (Å²) in [4.78, 5) is 8.96. The van der Waals surface area contributed by atoms with Gasteiger partial charge in [0, 0.05) is 19.2 Å². The zero-order valence-electron chi connectivity index (χ0n) is 13.3. The molecule has 2 rings (SSSR count). The summed E-state index contributed by atoms with van der Waals surface area (Å²) in [7, 11) is 1.93. The van der Waals surface area contributed by atoms with Crippen molar-refractivity contribution in [2.45, 2.75) is 40.2 Å². The minimum absolute atomic E-state index is 0.0181. The van der Waals surface area contributed by atoms with Crippen molar-refractivity contribution in [1.82, 2.24) is 24.7 Å². The molecule has 1 unspecified atom stereocenters. The standard InChI is InChI=1S/C14H23N7/c1-6-7-15-12-9(2)13(19-11(4)18-12)17-10(3)14-20-16-8-21(14)5/h8,10H,6-7H2,1-5H3,(H2,15,17,18,19). The van der Waals surface area contributed by atoms with Crippen LogP contribution in [0.4, 0.5) is 11.6 Å². The van der Waals surface area contributed by atoms with Gasteiger partial charge in [0.15, 0.2) is 5.82 Å². The second kappa shape index (κ2) is 6.51. The Morgan fingerprint density at radius 3 is 2.57 bits per heavy atom. The highest BCUT2D eigenvalue weighted by Gasteiger charge is 2.15. The summed E-state index contributed by atoms with van der Waals surface area (Å²) in [5.41, 5.74) is 1.02. The summed E-state index contributed by atoms with van der Waals surface area (Å²) in [6, 6.07) is 0.0181. The van der Waals surface area contributed by atoms with E-state index in [-0.39, 0.29) is 6.04 Å². The van der Waals surface area contributed by atoms with E-state index in [0.717, 1.165) is 41.8 Å². The lowest BCUT2D eigenvalue weighted by Crippen LogP contribution is -2.15. The second-order valence-corrected chi connectivity index (χ2v) is 5.19. The summed E-state index contributed by atoms with van der Waals surface area (Å²) in [6.07, 6.45) is 2.75. The Morgan fingerprint density at radius 1 is 1.24 bits per heavy atom. The summed E-state index contributed by atoms with van der Waals surface area (Å²) in [6.45, 7) is 8.99. The van der Waals surface area contributed by atoms with Crippen LogP contribution in [0.3, 0.4) is 0 Å². The lowest BCUT2D eigenvalue weighted by Gasteiger charge is -2.17. The predicted molar refractivity (Wildman–Crippen MR) is 83.3 cm³/mol. The molecule has 7 nitrogen and oxygen atoms in total. The molecule has 2 N–H and O–H groups in total. The molecule has 2 aromatic rings. The van der Waals surface area contributed by atoms with E-state index in [4.69, 9.17) is 0 Å². The lowest BCUT2D eigenvalue weighted by atomic mass is 10.2. The first-order chi connectivity index (χ1) is 10.0. The molecule has 0 aromatic carbocycles. The molecule has 1 atom stereocenters. The van der Waals surface area contributed by atoms with E-state index in [1.54, 1.807) is 6.33 Å². The Labute approximate surface area is 125 Å². The molecule has 0 saturated heterocycles. The molecular weight excluding hydrogens is 266 g/mol. The van der Waals surface area contributed by atoms with Crippen LogP contribution < -0.4 is 10.6 Å². The predicted octanol–water partition coefficient (Wildman–Crippen LogP) is 2.22. The van der Waals surface area contributed by atoms with Gasteiger partial charge in [-0.15, -0.1) is 10.2 Å². The fourth-order valence-electron chi connectivity index (χ4n) is 2.14. The molecule has 0 aliphatic rings. The van der Waals surface area contributed by atoms with Crippen LogP contribution in [0.1, 0.15) is 43.5 Å². The van der Waals surface area contributed by atoms with Crippen molar-refractivity contribution in [3.8, 4) is 0 Å². The Bertz CT molecular complexity index is 605. The molecule has 0 fully saturated rings. The Kier molecular flexibility index (Phi) is 4.72. The fraction of sp³-hybridized carbons (Fsp3) is 0.571. The lowest BCUT2D eigenvalue weighted by molar-refractivity contribution is 0.714. The van der Waals surface area contributed by atoms with Crippen molar-refractivity contribution in [2.75, 3.05) is 17.2 Å². The third kappa shape index (κ3) is 3.48. The number of hydrogen-bond donors (Lipinski definition) is 2. The van der Waals surface area contributed by atoms with Crippen molar-refractivity contribution in [1.29, 1.82) is 0 Å². The molecule has 7 heteroatoms. The zero-order valence-corrected chi connectivity index (χ0v) is 13.3. The maximum absolute atomic E-state index is 4.50. The van der Waals surface area contributed by atoms with E-state index in [1.807, 2.05) is 32.4 Å². The van der Waals surface area contributed by atoms with Crippen molar-refractivity contribution in [2.24, 2.45) is 7.05 Å². The quantitative estimate of drug-likeness (QED) is 0.848. The first-order valence-corrected chi connectivity index (χ1v) is 7.22. The molecule has 2 aromatic heterocycles. The highest BCUT2D eigenvalue weighted by molar-refractivity contribution is 5.57. The van der Waals surface area contributed by atoms with E-state index in [1.165, 1.54) is 0 Å². The number of hydrogen-bond acceptors (Lipinski definition) is 6. The first kappa shape index (κ1) is 15.2. The van der Waals surface area contributed by atoms with Crippen LogP contribution in [0, 0.1) is 13.8 Å². The van der Waals surface area contributed by atoms with Crippen LogP contribution in [0.5, 0.6) is 0 Å². The van der Waals surface area contributed by atoms with Gasteiger partial charge in [-0.25, -0.2) is 9.97 Å². The van der Waals surface area contributed by atoms with E-state index in [0.29, 0.717) is 0 Å². The third-order valence-electron chi connectivity index (χ3n) is 3.29. The molecular formula is C14H23N7. The maximum atomic E-state index is 4.50. The molecule has 114 valence electrons. The van der Waals surface area contributed by atoms with Crippen LogP contribution >= 0.6 is 0 Å². The molecule has 0 aliphatic carbocycles. The molecule has 0 aliphatic heterocycles. The SMILES string of the molecule is CCCNc1nc(C)nc(NC(C)c2nncn2C)c1C. The molecule has 0 saturated carbocycles. The van der Waals surface area contributed by atoms with Crippen LogP contribution in [0.25, 0.3) is 0 Å². The van der Waals surface area contributed by atoms with Gasteiger partial charge in [0.25, 0.3) is 0 Å². The fourth-order valence-corrected chi connectivity index (χ4v) is 2.14. The minimum atomic E-state index is 0.0181. The topological polar surface area (TPSA) is 80.6 Å². The maximum Gasteiger partial charge on any atom is 0.154 e. The van der Waals surface area contributed by atoms with Gasteiger partial charge in [-0.1, -0.05) is 6.92 Å². The molecule has 0 amide bonds. The molecule has 0 radical (unpaired) electrons. The number of aromatic nitrogens is 5. The smallest absolute Gasteiger partial charge is 0.154 e. The highest BCUT2D eigenvalue weighted by atomic mass is 15.3. The van der Waals surface area contributed by atoms with Crippen molar-refractivity contribution >= 4 is 11.6 Å². The van der Waals surface area contributed by atoms with E-state index >= 15 is 0 Å². The van der Waals surface area contributed by atoms with Gasteiger partial charge >= 0.3 is 0 Å². The molecule has 21 heavy (non-hydrogen) atoms. The van der Waals surface area contributed by atoms with E-state index < -0.39 is 0 Å². The van der Waals surface area contributed by atoms with Gasteiger partial charge in [-0.3, -0.25) is 0 Å². The average Bonchev–Trinajstić information content (AvgIpc) is 2.87. The van der Waals surface area contributed by atoms with Crippen molar-refractivity contribution < 1.29 is 0 Å². The van der Waals surface area contributed by atoms with Gasteiger partial charge in [0.1, 0.15) is 23.8 Å². The summed E-state index contributed by atoms with van der Waals surface area (Å²) < 4.78 is 1.90. The zero-order chi connectivity index (χ0) is 15.4. The van der Waals surface area contributed by atoms with E-state index in [2.05, 4.69) is 37.7 Å². The number of nitrogens with one attached hydrogen (secondary N) is 2. The van der Waals surface area contributed by atoms with Gasteiger partial charge in [-0.05, 0) is 27.2 Å². The average molecular weight is 289 g/mol. The number of aryl methyl sites for hydroxylation is 2. The van der Waals surface area contributed by atoms with Crippen molar-refractivity contribution in [3.63, 3.8) is 0 Å². The van der Waals surface area contributed by atoms with E-state index in [9.17, 15) is 0 Å². The minimum Gasteiger partial charge on any atom is -0.370 e. The number of rotatable bonds is 6. The number of nitrogens with zero attached hydrogens (tertiary/aromatic N) is 5. The first-order valence-electron chi connectivity index (χ1n) is 7.22. The molecule has 0 bridgehead atoms. The molecule has 0 spiro atoms. The van der Waals surface area contributed by atoms with Gasteiger partial charge in [0.05, 0.1) is 6.04 Å². The van der Waals surface area contributed by atoms with Gasteiger partial charge < -0.3 is 15.2 Å². The second-order valence-electron chi connectivity index (χ2n) is 5.19. The van der Waals surface area contributed by atoms with Crippen LogP contribution in [-0.4, -0.2) is 31.3 Å². The van der Waals surface area contributed by atoms with Crippen LogP contribution in [0.2, 0.25) is 0 Å². The van der Waals surface area contributed by atoms with Crippen LogP contribution in [0.15, 0.2) is 6.33 Å². The Hall–Kier alpha value is -2.18. The highest BCUT2D eigenvalue weighted by Crippen LogP contribution is 2.23. The summed E-state index contributed by atoms with van der Waals surface area (Å²) >= 11 is 0. The van der Waals surface area contributed by atoms with Gasteiger partial charge in [-0.2, -0.15) is 0 Å². The largest absolute Gasteiger partial charge is 0.370 e. The van der Waals surface area contributed by atoms with Gasteiger partial charge in [0.2, 0.25) is 0 Å². The third-order valence-corrected chi connectivity index (χ3v) is 3.29. The Morgan fingerprint density at radius 2 is 1.95 bits per heavy atom. The molecule has 2 heterocycles. The number of anilines is 2. The van der Waals surface area contributed by atoms with Crippen molar-refractivity contribution in [3.05, 3.63) is 23.5 Å². The monoisotopic (exact) mass is 289 g/mol. The summed E-state index contributed by atoms with van der Waals surface area (Å²) in [5.74, 6) is 3.33.